The second-order valence-electron chi connectivity index (χ2n) is 4.05. The molecule has 6 nitrogen and oxygen atoms in total. The third-order valence-electron chi connectivity index (χ3n) is 2.63. The molecule has 4 N–H and O–H groups in total. The lowest BCUT2D eigenvalue weighted by molar-refractivity contribution is -0.118. The van der Waals surface area contributed by atoms with E-state index in [4.69, 9.17) is 15.2 Å². The Morgan fingerprint density at radius 2 is 2.39 bits per heavy atom. The van der Waals surface area contributed by atoms with Gasteiger partial charge in [-0.25, -0.2) is 0 Å². The molecule has 6 heteroatoms. The Hall–Kier alpha value is -1.95. The number of fused-ring (bicyclic) bond motifs is 1. The number of nitrogens with two attached hydrogens (primary N) is 1. The van der Waals surface area contributed by atoms with Gasteiger partial charge in [-0.2, -0.15) is 0 Å². The number of ether oxygens (including phenoxy) is 2. The SMILES string of the molecule is COCCCNc1cc2c(cc1N)OCC(=O)N2. The van der Waals surface area contributed by atoms with Gasteiger partial charge in [-0.1, -0.05) is 0 Å². The van der Waals surface area contributed by atoms with Gasteiger partial charge in [0, 0.05) is 26.3 Å². The Balaban J connectivity index is 2.06. The molecule has 0 unspecified atom stereocenters. The molecule has 0 spiro atoms. The average molecular weight is 251 g/mol. The van der Waals surface area contributed by atoms with E-state index >= 15 is 0 Å². The zero-order valence-corrected chi connectivity index (χ0v) is 10.3. The van der Waals surface area contributed by atoms with Gasteiger partial charge in [0.1, 0.15) is 5.75 Å². The second-order valence-corrected chi connectivity index (χ2v) is 4.05. The van der Waals surface area contributed by atoms with Crippen molar-refractivity contribution in [1.29, 1.82) is 0 Å². The average Bonchev–Trinajstić information content (AvgIpc) is 2.35. The number of benzene rings is 1. The fourth-order valence-electron chi connectivity index (χ4n) is 1.73. The van der Waals surface area contributed by atoms with E-state index in [0.29, 0.717) is 23.7 Å². The molecule has 0 aliphatic carbocycles. The maximum absolute atomic E-state index is 11.2. The molecular weight excluding hydrogens is 234 g/mol. The molecule has 1 aliphatic heterocycles. The Morgan fingerprint density at radius 3 is 3.17 bits per heavy atom. The van der Waals surface area contributed by atoms with Crippen LogP contribution in [0.4, 0.5) is 17.1 Å². The first kappa shape index (κ1) is 12.5. The first-order chi connectivity index (χ1) is 8.70. The van der Waals surface area contributed by atoms with Gasteiger partial charge in [0.05, 0.1) is 17.1 Å². The Kier molecular flexibility index (Phi) is 3.88. The van der Waals surface area contributed by atoms with Crippen LogP contribution in [0.25, 0.3) is 0 Å². The van der Waals surface area contributed by atoms with Crippen molar-refractivity contribution in [2.24, 2.45) is 0 Å². The molecular formula is C12H17N3O3. The van der Waals surface area contributed by atoms with Crippen LogP contribution in [0, 0.1) is 0 Å². The minimum Gasteiger partial charge on any atom is -0.482 e. The van der Waals surface area contributed by atoms with E-state index in [0.717, 1.165) is 18.7 Å². The highest BCUT2D eigenvalue weighted by Gasteiger charge is 2.17. The maximum atomic E-state index is 11.2. The predicted molar refractivity (Wildman–Crippen MR) is 70.0 cm³/mol. The van der Waals surface area contributed by atoms with E-state index in [1.165, 1.54) is 0 Å². The van der Waals surface area contributed by atoms with Gasteiger partial charge in [-0.15, -0.1) is 0 Å². The summed E-state index contributed by atoms with van der Waals surface area (Å²) in [5, 5.41) is 5.95. The van der Waals surface area contributed by atoms with Crippen LogP contribution in [0.5, 0.6) is 5.75 Å². The van der Waals surface area contributed by atoms with Crippen molar-refractivity contribution >= 4 is 23.0 Å². The fraction of sp³-hybridized carbons (Fsp3) is 0.417. The Morgan fingerprint density at radius 1 is 1.56 bits per heavy atom. The number of carbonyl (C=O) groups is 1. The van der Waals surface area contributed by atoms with E-state index in [-0.39, 0.29) is 12.5 Å². The van der Waals surface area contributed by atoms with Crippen LogP contribution >= 0.6 is 0 Å². The van der Waals surface area contributed by atoms with Crippen molar-refractivity contribution in [3.63, 3.8) is 0 Å². The topological polar surface area (TPSA) is 85.6 Å². The first-order valence-electron chi connectivity index (χ1n) is 5.79. The van der Waals surface area contributed by atoms with E-state index in [1.54, 1.807) is 19.2 Å². The number of methoxy groups -OCH3 is 1. The minimum atomic E-state index is -0.155. The molecule has 2 rings (SSSR count). The van der Waals surface area contributed by atoms with Crippen molar-refractivity contribution in [1.82, 2.24) is 0 Å². The van der Waals surface area contributed by atoms with Crippen molar-refractivity contribution < 1.29 is 14.3 Å². The van der Waals surface area contributed by atoms with E-state index < -0.39 is 0 Å². The summed E-state index contributed by atoms with van der Waals surface area (Å²) in [7, 11) is 1.67. The third kappa shape index (κ3) is 2.84. The van der Waals surface area contributed by atoms with Gasteiger partial charge in [-0.05, 0) is 12.5 Å². The standard InChI is InChI=1S/C12H17N3O3/c1-17-4-2-3-14-9-6-10-11(5-8(9)13)18-7-12(16)15-10/h5-6,14H,2-4,7,13H2,1H3,(H,15,16). The summed E-state index contributed by atoms with van der Waals surface area (Å²) in [6.45, 7) is 1.48. The van der Waals surface area contributed by atoms with Crippen LogP contribution in [0.15, 0.2) is 12.1 Å². The van der Waals surface area contributed by atoms with E-state index in [2.05, 4.69) is 10.6 Å². The molecule has 0 fully saturated rings. The number of rotatable bonds is 5. The summed E-state index contributed by atoms with van der Waals surface area (Å²) in [6, 6.07) is 3.50. The molecule has 1 aromatic carbocycles. The maximum Gasteiger partial charge on any atom is 0.262 e. The summed E-state index contributed by atoms with van der Waals surface area (Å²) in [5.74, 6) is 0.451. The molecule has 1 aliphatic rings. The van der Waals surface area contributed by atoms with Crippen molar-refractivity contribution in [3.8, 4) is 5.75 Å². The Bertz CT molecular complexity index is 448. The molecule has 1 aromatic rings. The summed E-state index contributed by atoms with van der Waals surface area (Å²) in [5.41, 5.74) is 7.94. The molecule has 0 bridgehead atoms. The minimum absolute atomic E-state index is 0.0348. The van der Waals surface area contributed by atoms with Gasteiger partial charge in [0.25, 0.3) is 5.91 Å². The second kappa shape index (κ2) is 5.59. The van der Waals surface area contributed by atoms with Crippen LogP contribution in [-0.4, -0.2) is 32.8 Å². The van der Waals surface area contributed by atoms with Gasteiger partial charge in [0.2, 0.25) is 0 Å². The van der Waals surface area contributed by atoms with Crippen molar-refractivity contribution in [3.05, 3.63) is 12.1 Å². The largest absolute Gasteiger partial charge is 0.482 e. The first-order valence-corrected chi connectivity index (χ1v) is 5.79. The smallest absolute Gasteiger partial charge is 0.262 e. The van der Waals surface area contributed by atoms with Crippen LogP contribution in [0.1, 0.15) is 6.42 Å². The van der Waals surface area contributed by atoms with Crippen molar-refractivity contribution in [2.75, 3.05) is 43.2 Å². The zero-order valence-electron chi connectivity index (χ0n) is 10.3. The van der Waals surface area contributed by atoms with Gasteiger partial charge in [0.15, 0.2) is 6.61 Å². The van der Waals surface area contributed by atoms with Crippen LogP contribution < -0.4 is 21.1 Å². The van der Waals surface area contributed by atoms with Gasteiger partial charge < -0.3 is 25.8 Å². The lowest BCUT2D eigenvalue weighted by Gasteiger charge is -2.20. The van der Waals surface area contributed by atoms with E-state index in [1.807, 2.05) is 0 Å². The Labute approximate surface area is 105 Å². The normalized spacial score (nSPS) is 13.5. The highest BCUT2D eigenvalue weighted by atomic mass is 16.5. The highest BCUT2D eigenvalue weighted by Crippen LogP contribution is 2.34. The number of nitrogen functional groups attached to an aromatic ring is 1. The molecule has 0 saturated heterocycles. The lowest BCUT2D eigenvalue weighted by Crippen LogP contribution is -2.25. The fourth-order valence-corrected chi connectivity index (χ4v) is 1.73. The van der Waals surface area contributed by atoms with Gasteiger partial charge in [-0.3, -0.25) is 4.79 Å². The van der Waals surface area contributed by atoms with Gasteiger partial charge >= 0.3 is 0 Å². The number of nitrogens with one attached hydrogen (secondary N) is 2. The summed E-state index contributed by atoms with van der Waals surface area (Å²) < 4.78 is 10.2. The summed E-state index contributed by atoms with van der Waals surface area (Å²) in [4.78, 5) is 11.2. The molecule has 18 heavy (non-hydrogen) atoms. The van der Waals surface area contributed by atoms with Crippen molar-refractivity contribution in [2.45, 2.75) is 6.42 Å². The van der Waals surface area contributed by atoms with Crippen LogP contribution in [0.2, 0.25) is 0 Å². The van der Waals surface area contributed by atoms with Crippen LogP contribution in [0.3, 0.4) is 0 Å². The third-order valence-corrected chi connectivity index (χ3v) is 2.63. The quantitative estimate of drug-likeness (QED) is 0.538. The molecule has 1 heterocycles. The molecule has 98 valence electrons. The van der Waals surface area contributed by atoms with Crippen LogP contribution in [-0.2, 0) is 9.53 Å². The molecule has 0 aromatic heterocycles. The molecule has 0 saturated carbocycles. The number of anilines is 3. The summed E-state index contributed by atoms with van der Waals surface area (Å²) >= 11 is 0. The molecule has 1 amide bonds. The predicted octanol–water partition coefficient (Wildman–Crippen LogP) is 1.05. The molecule has 0 atom stereocenters. The monoisotopic (exact) mass is 251 g/mol. The lowest BCUT2D eigenvalue weighted by atomic mass is 10.2. The van der Waals surface area contributed by atoms with E-state index in [9.17, 15) is 4.79 Å². The number of hydrogen-bond acceptors (Lipinski definition) is 5. The zero-order chi connectivity index (χ0) is 13.0. The molecule has 0 radical (unpaired) electrons. The highest BCUT2D eigenvalue weighted by molar-refractivity contribution is 5.97. The number of hydrogen-bond donors (Lipinski definition) is 3. The summed E-state index contributed by atoms with van der Waals surface area (Å²) in [6.07, 6.45) is 0.885. The number of carbonyl (C=O) groups excluding carboxylic acids is 1. The number of amides is 1.